The summed E-state index contributed by atoms with van der Waals surface area (Å²) in [4.78, 5) is 4.10. The molecule has 0 amide bonds. The zero-order chi connectivity index (χ0) is 20.5. The van der Waals surface area contributed by atoms with Crippen LogP contribution in [0, 0.1) is 18.3 Å². The van der Waals surface area contributed by atoms with E-state index in [0.29, 0.717) is 11.4 Å². The predicted molar refractivity (Wildman–Crippen MR) is 101 cm³/mol. The zero-order valence-corrected chi connectivity index (χ0v) is 16.5. The van der Waals surface area contributed by atoms with Crippen molar-refractivity contribution in [2.75, 3.05) is 26.5 Å². The van der Waals surface area contributed by atoms with Crippen molar-refractivity contribution in [1.29, 1.82) is 5.26 Å². The van der Waals surface area contributed by atoms with E-state index in [9.17, 15) is 13.7 Å². The Hall–Kier alpha value is -3.29. The minimum Gasteiger partial charge on any atom is -0.497 e. The predicted octanol–water partition coefficient (Wildman–Crippen LogP) is 3.12. The van der Waals surface area contributed by atoms with E-state index in [1.165, 1.54) is 27.1 Å². The number of hydrogen-bond acceptors (Lipinski definition) is 8. The standard InChI is InChI=1S/C18H18N4O5S/c1-11-16(28(23,24)22(2)3)9-15(26-11)18-21-14(10-19)17(27-18)20-12-5-7-13(25-4)8-6-12/h5-9,20H,1-4H3. The lowest BCUT2D eigenvalue weighted by Gasteiger charge is -2.09. The third-order valence-corrected chi connectivity index (χ3v) is 5.85. The van der Waals surface area contributed by atoms with Gasteiger partial charge in [-0.15, -0.1) is 0 Å². The summed E-state index contributed by atoms with van der Waals surface area (Å²) in [5, 5.41) is 12.3. The van der Waals surface area contributed by atoms with Crippen molar-refractivity contribution >= 4 is 21.6 Å². The van der Waals surface area contributed by atoms with Crippen molar-refractivity contribution in [2.24, 2.45) is 0 Å². The van der Waals surface area contributed by atoms with Gasteiger partial charge >= 0.3 is 0 Å². The number of sulfonamides is 1. The largest absolute Gasteiger partial charge is 0.497 e. The van der Waals surface area contributed by atoms with Gasteiger partial charge in [-0.05, 0) is 31.2 Å². The number of rotatable bonds is 6. The van der Waals surface area contributed by atoms with E-state index < -0.39 is 10.0 Å². The summed E-state index contributed by atoms with van der Waals surface area (Å²) in [6.45, 7) is 1.53. The van der Waals surface area contributed by atoms with Crippen molar-refractivity contribution in [2.45, 2.75) is 11.8 Å². The second kappa shape index (κ2) is 7.38. The molecule has 2 aromatic heterocycles. The molecule has 0 spiro atoms. The Balaban J connectivity index is 1.96. The monoisotopic (exact) mass is 402 g/mol. The molecule has 146 valence electrons. The molecule has 1 N–H and O–H groups in total. The second-order valence-corrected chi connectivity index (χ2v) is 8.10. The molecule has 3 aromatic rings. The van der Waals surface area contributed by atoms with E-state index in [-0.39, 0.29) is 33.9 Å². The van der Waals surface area contributed by atoms with E-state index in [2.05, 4.69) is 10.3 Å². The van der Waals surface area contributed by atoms with Crippen LogP contribution in [-0.2, 0) is 10.0 Å². The number of furan rings is 1. The Bertz CT molecular complexity index is 1140. The van der Waals surface area contributed by atoms with Crippen molar-refractivity contribution in [1.82, 2.24) is 9.29 Å². The molecule has 0 radical (unpaired) electrons. The minimum atomic E-state index is -3.68. The van der Waals surface area contributed by atoms with Crippen LogP contribution in [-0.4, -0.2) is 38.9 Å². The van der Waals surface area contributed by atoms with Crippen LogP contribution in [0.5, 0.6) is 5.75 Å². The Morgan fingerprint density at radius 2 is 1.89 bits per heavy atom. The number of hydrogen-bond donors (Lipinski definition) is 1. The lowest BCUT2D eigenvalue weighted by Crippen LogP contribution is -2.22. The van der Waals surface area contributed by atoms with Crippen LogP contribution >= 0.6 is 0 Å². The number of methoxy groups -OCH3 is 1. The molecule has 0 fully saturated rings. The zero-order valence-electron chi connectivity index (χ0n) is 15.7. The average molecular weight is 402 g/mol. The van der Waals surface area contributed by atoms with Gasteiger partial charge in [0.25, 0.3) is 5.89 Å². The van der Waals surface area contributed by atoms with E-state index in [1.807, 2.05) is 6.07 Å². The quantitative estimate of drug-likeness (QED) is 0.667. The van der Waals surface area contributed by atoms with Gasteiger partial charge in [0.05, 0.1) is 7.11 Å². The van der Waals surface area contributed by atoms with Gasteiger partial charge < -0.3 is 18.9 Å². The fourth-order valence-electron chi connectivity index (χ4n) is 2.42. The maximum absolute atomic E-state index is 12.4. The summed E-state index contributed by atoms with van der Waals surface area (Å²) >= 11 is 0. The number of nitrogens with one attached hydrogen (secondary N) is 1. The van der Waals surface area contributed by atoms with Crippen LogP contribution in [0.3, 0.4) is 0 Å². The number of aryl methyl sites for hydroxylation is 1. The van der Waals surface area contributed by atoms with Crippen LogP contribution in [0.2, 0.25) is 0 Å². The number of nitriles is 1. The molecule has 0 aliphatic rings. The van der Waals surface area contributed by atoms with Crippen molar-refractivity contribution in [3.05, 3.63) is 41.8 Å². The third kappa shape index (κ3) is 3.58. The number of nitrogens with zero attached hydrogens (tertiary/aromatic N) is 3. The molecule has 0 atom stereocenters. The summed E-state index contributed by atoms with van der Waals surface area (Å²) in [7, 11) is 0.739. The second-order valence-electron chi connectivity index (χ2n) is 5.98. The first-order chi connectivity index (χ1) is 13.3. The highest BCUT2D eigenvalue weighted by molar-refractivity contribution is 7.89. The highest BCUT2D eigenvalue weighted by atomic mass is 32.2. The normalized spacial score (nSPS) is 11.4. The molecule has 0 saturated heterocycles. The summed E-state index contributed by atoms with van der Waals surface area (Å²) in [6.07, 6.45) is 0. The SMILES string of the molecule is COc1ccc(Nc2oc(-c3cc(S(=O)(=O)N(C)C)c(C)o3)nc2C#N)cc1. The van der Waals surface area contributed by atoms with Crippen molar-refractivity contribution in [3.63, 3.8) is 0 Å². The number of oxazole rings is 1. The fourth-order valence-corrected chi connectivity index (χ4v) is 3.47. The van der Waals surface area contributed by atoms with Crippen molar-refractivity contribution in [3.8, 4) is 23.5 Å². The van der Waals surface area contributed by atoms with Crippen LogP contribution in [0.25, 0.3) is 11.7 Å². The third-order valence-electron chi connectivity index (χ3n) is 3.92. The minimum absolute atomic E-state index is 0.00383. The lowest BCUT2D eigenvalue weighted by atomic mass is 10.3. The molecule has 0 aliphatic heterocycles. The van der Waals surface area contributed by atoms with Gasteiger partial charge in [0.2, 0.25) is 21.6 Å². The van der Waals surface area contributed by atoms with Gasteiger partial charge in [0.1, 0.15) is 22.5 Å². The molecule has 0 aliphatic carbocycles. The molecule has 0 bridgehead atoms. The first-order valence-corrected chi connectivity index (χ1v) is 9.55. The molecule has 2 heterocycles. The van der Waals surface area contributed by atoms with Gasteiger partial charge in [-0.25, -0.2) is 12.7 Å². The molecule has 9 nitrogen and oxygen atoms in total. The van der Waals surface area contributed by atoms with Gasteiger partial charge in [0, 0.05) is 25.8 Å². The molecule has 3 rings (SSSR count). The van der Waals surface area contributed by atoms with Gasteiger partial charge in [0.15, 0.2) is 5.76 Å². The molecular weight excluding hydrogens is 384 g/mol. The number of aromatic nitrogens is 1. The molecule has 1 aromatic carbocycles. The maximum Gasteiger partial charge on any atom is 0.266 e. The number of ether oxygens (including phenoxy) is 1. The van der Waals surface area contributed by atoms with E-state index in [1.54, 1.807) is 31.4 Å². The topological polar surface area (TPSA) is 122 Å². The van der Waals surface area contributed by atoms with Gasteiger partial charge in [-0.2, -0.15) is 10.2 Å². The highest BCUT2D eigenvalue weighted by Crippen LogP contribution is 2.32. The van der Waals surface area contributed by atoms with E-state index in [4.69, 9.17) is 13.6 Å². The lowest BCUT2D eigenvalue weighted by molar-refractivity contribution is 0.415. The smallest absolute Gasteiger partial charge is 0.266 e. The molecule has 0 unspecified atom stereocenters. The first kappa shape index (κ1) is 19.5. The van der Waals surface area contributed by atoms with E-state index >= 15 is 0 Å². The maximum atomic E-state index is 12.4. The Labute approximate surface area is 162 Å². The summed E-state index contributed by atoms with van der Waals surface area (Å²) in [6, 6.07) is 10.3. The van der Waals surface area contributed by atoms with Crippen molar-refractivity contribution < 1.29 is 22.0 Å². The Kier molecular flexibility index (Phi) is 5.13. The molecule has 28 heavy (non-hydrogen) atoms. The first-order valence-electron chi connectivity index (χ1n) is 8.11. The summed E-state index contributed by atoms with van der Waals surface area (Å²) in [5.41, 5.74) is 0.670. The molecule has 0 saturated carbocycles. The van der Waals surface area contributed by atoms with Gasteiger partial charge in [-0.1, -0.05) is 0 Å². The number of anilines is 2. The van der Waals surface area contributed by atoms with Crippen LogP contribution in [0.15, 0.2) is 44.1 Å². The highest BCUT2D eigenvalue weighted by Gasteiger charge is 2.26. The van der Waals surface area contributed by atoms with Crippen LogP contribution < -0.4 is 10.1 Å². The van der Waals surface area contributed by atoms with E-state index in [0.717, 1.165) is 4.31 Å². The average Bonchev–Trinajstić information content (AvgIpc) is 3.25. The number of benzene rings is 1. The molecular formula is C18H18N4O5S. The Morgan fingerprint density at radius 3 is 2.46 bits per heavy atom. The fraction of sp³-hybridized carbons (Fsp3) is 0.222. The summed E-state index contributed by atoms with van der Waals surface area (Å²) < 4.78 is 42.0. The summed E-state index contributed by atoms with van der Waals surface area (Å²) in [5.74, 6) is 1.11. The van der Waals surface area contributed by atoms with Crippen LogP contribution in [0.1, 0.15) is 11.5 Å². The Morgan fingerprint density at radius 1 is 1.21 bits per heavy atom. The van der Waals surface area contributed by atoms with Gasteiger partial charge in [-0.3, -0.25) is 0 Å². The molecule has 10 heteroatoms. The van der Waals surface area contributed by atoms with Crippen LogP contribution in [0.4, 0.5) is 11.6 Å².